The molecule has 1 N–H and O–H groups in total. The predicted molar refractivity (Wildman–Crippen MR) is 72.9 cm³/mol. The summed E-state index contributed by atoms with van der Waals surface area (Å²) in [4.78, 5) is 13.6. The van der Waals surface area contributed by atoms with E-state index in [9.17, 15) is 10.1 Å². The second-order valence-electron chi connectivity index (χ2n) is 4.87. The fourth-order valence-electron chi connectivity index (χ4n) is 2.23. The minimum atomic E-state index is -0.328. The fourth-order valence-corrected chi connectivity index (χ4v) is 3.01. The first kappa shape index (κ1) is 13.5. The van der Waals surface area contributed by atoms with Gasteiger partial charge >= 0.3 is 5.00 Å². The van der Waals surface area contributed by atoms with Crippen molar-refractivity contribution in [1.82, 2.24) is 10.2 Å². The highest BCUT2D eigenvalue weighted by molar-refractivity contribution is 7.15. The van der Waals surface area contributed by atoms with Gasteiger partial charge in [-0.15, -0.1) is 0 Å². The average Bonchev–Trinajstić information content (AvgIpc) is 2.81. The predicted octanol–water partition coefficient (Wildman–Crippen LogP) is 2.09. The Kier molecular flexibility index (Phi) is 4.68. The molecule has 0 amide bonds. The molecule has 0 aromatic carbocycles. The molecule has 1 fully saturated rings. The summed E-state index contributed by atoms with van der Waals surface area (Å²) in [6, 6.07) is 3.42. The summed E-state index contributed by atoms with van der Waals surface area (Å²) in [7, 11) is 2.16. The Morgan fingerprint density at radius 1 is 1.50 bits per heavy atom. The van der Waals surface area contributed by atoms with Crippen molar-refractivity contribution in [2.24, 2.45) is 5.92 Å². The number of hydrogen-bond acceptors (Lipinski definition) is 5. The summed E-state index contributed by atoms with van der Waals surface area (Å²) < 4.78 is 0. The highest BCUT2D eigenvalue weighted by Gasteiger charge is 2.16. The molecule has 0 atom stereocenters. The monoisotopic (exact) mass is 269 g/mol. The summed E-state index contributed by atoms with van der Waals surface area (Å²) in [5, 5.41) is 14.2. The molecule has 18 heavy (non-hydrogen) atoms. The van der Waals surface area contributed by atoms with Crippen LogP contribution in [0.25, 0.3) is 0 Å². The van der Waals surface area contributed by atoms with Gasteiger partial charge in [0.2, 0.25) is 0 Å². The van der Waals surface area contributed by atoms with E-state index in [0.717, 1.165) is 23.9 Å². The number of nitrogens with one attached hydrogen (secondary N) is 1. The number of hydrogen-bond donors (Lipinski definition) is 1. The Morgan fingerprint density at radius 3 is 2.83 bits per heavy atom. The van der Waals surface area contributed by atoms with E-state index in [4.69, 9.17) is 0 Å². The van der Waals surface area contributed by atoms with Gasteiger partial charge in [0.1, 0.15) is 0 Å². The lowest BCUT2D eigenvalue weighted by molar-refractivity contribution is -0.380. The van der Waals surface area contributed by atoms with Crippen LogP contribution in [0.2, 0.25) is 0 Å². The molecule has 1 aliphatic heterocycles. The van der Waals surface area contributed by atoms with Crippen LogP contribution in [-0.4, -0.2) is 36.5 Å². The van der Waals surface area contributed by atoms with Gasteiger partial charge in [0.15, 0.2) is 0 Å². The molecule has 0 unspecified atom stereocenters. The molecule has 0 radical (unpaired) electrons. The van der Waals surface area contributed by atoms with Crippen molar-refractivity contribution in [2.45, 2.75) is 19.4 Å². The second-order valence-corrected chi connectivity index (χ2v) is 6.02. The van der Waals surface area contributed by atoms with Crippen LogP contribution >= 0.6 is 11.3 Å². The topological polar surface area (TPSA) is 58.4 Å². The molecule has 6 heteroatoms. The van der Waals surface area contributed by atoms with E-state index < -0.39 is 0 Å². The molecule has 1 saturated heterocycles. The van der Waals surface area contributed by atoms with E-state index in [2.05, 4.69) is 17.3 Å². The first-order chi connectivity index (χ1) is 8.65. The zero-order chi connectivity index (χ0) is 13.0. The molecule has 1 aromatic rings. The van der Waals surface area contributed by atoms with Crippen LogP contribution in [0.1, 0.15) is 17.7 Å². The highest BCUT2D eigenvalue weighted by Crippen LogP contribution is 2.23. The van der Waals surface area contributed by atoms with Crippen LogP contribution in [0.3, 0.4) is 0 Å². The van der Waals surface area contributed by atoms with Crippen molar-refractivity contribution in [2.75, 3.05) is 26.7 Å². The fraction of sp³-hybridized carbons (Fsp3) is 0.667. The van der Waals surface area contributed by atoms with Gasteiger partial charge in [-0.1, -0.05) is 11.3 Å². The molecule has 1 aliphatic rings. The molecule has 5 nitrogen and oxygen atoms in total. The van der Waals surface area contributed by atoms with Gasteiger partial charge in [0.05, 0.1) is 4.92 Å². The molecule has 0 aliphatic carbocycles. The maximum absolute atomic E-state index is 10.6. The minimum Gasteiger partial charge on any atom is -0.312 e. The van der Waals surface area contributed by atoms with E-state index in [1.165, 1.54) is 37.3 Å². The summed E-state index contributed by atoms with van der Waals surface area (Å²) in [6.45, 7) is 4.11. The van der Waals surface area contributed by atoms with E-state index in [0.29, 0.717) is 0 Å². The zero-order valence-electron chi connectivity index (χ0n) is 10.6. The standard InChI is InChI=1S/C12H19N3O2S/c1-14-6-4-10(5-7-14)8-13-9-11-2-3-12(18-11)15(16)17/h2-3,10,13H,4-9H2,1H3. The Morgan fingerprint density at radius 2 is 2.22 bits per heavy atom. The van der Waals surface area contributed by atoms with Crippen molar-refractivity contribution in [3.05, 3.63) is 27.1 Å². The Labute approximate surface area is 111 Å². The van der Waals surface area contributed by atoms with Crippen LogP contribution in [0.5, 0.6) is 0 Å². The normalized spacial score (nSPS) is 18.1. The molecule has 0 saturated carbocycles. The third kappa shape index (κ3) is 3.76. The summed E-state index contributed by atoms with van der Waals surface area (Å²) in [6.07, 6.45) is 2.49. The zero-order valence-corrected chi connectivity index (χ0v) is 11.4. The Bertz CT molecular complexity index is 400. The number of nitrogens with zero attached hydrogens (tertiary/aromatic N) is 2. The first-order valence-electron chi connectivity index (χ1n) is 6.27. The average molecular weight is 269 g/mol. The van der Waals surface area contributed by atoms with Crippen LogP contribution in [0, 0.1) is 16.0 Å². The molecular formula is C12H19N3O2S. The van der Waals surface area contributed by atoms with Crippen LogP contribution in [-0.2, 0) is 6.54 Å². The summed E-state index contributed by atoms with van der Waals surface area (Å²) >= 11 is 1.26. The van der Waals surface area contributed by atoms with Crippen LogP contribution in [0.15, 0.2) is 12.1 Å². The molecular weight excluding hydrogens is 250 g/mol. The van der Waals surface area contributed by atoms with Gasteiger partial charge in [-0.05, 0) is 51.5 Å². The van der Waals surface area contributed by atoms with Crippen LogP contribution < -0.4 is 5.32 Å². The highest BCUT2D eigenvalue weighted by atomic mass is 32.1. The third-order valence-electron chi connectivity index (χ3n) is 3.40. The van der Waals surface area contributed by atoms with Crippen molar-refractivity contribution in [3.8, 4) is 0 Å². The molecule has 1 aromatic heterocycles. The van der Waals surface area contributed by atoms with Crippen LogP contribution in [0.4, 0.5) is 5.00 Å². The molecule has 100 valence electrons. The quantitative estimate of drug-likeness (QED) is 0.657. The third-order valence-corrected chi connectivity index (χ3v) is 4.43. The minimum absolute atomic E-state index is 0.228. The lowest BCUT2D eigenvalue weighted by Crippen LogP contribution is -2.34. The van der Waals surface area contributed by atoms with E-state index >= 15 is 0 Å². The van der Waals surface area contributed by atoms with Gasteiger partial charge in [0, 0.05) is 17.5 Å². The van der Waals surface area contributed by atoms with E-state index in [-0.39, 0.29) is 9.92 Å². The number of nitro groups is 1. The second kappa shape index (κ2) is 6.26. The smallest absolute Gasteiger partial charge is 0.312 e. The summed E-state index contributed by atoms with van der Waals surface area (Å²) in [5.74, 6) is 0.746. The number of likely N-dealkylation sites (tertiary alicyclic amines) is 1. The Hall–Kier alpha value is -0.980. The van der Waals surface area contributed by atoms with Crippen molar-refractivity contribution >= 4 is 16.3 Å². The molecule has 0 bridgehead atoms. The largest absolute Gasteiger partial charge is 0.324 e. The van der Waals surface area contributed by atoms with Gasteiger partial charge < -0.3 is 10.2 Å². The van der Waals surface area contributed by atoms with Gasteiger partial charge in [0.25, 0.3) is 0 Å². The molecule has 0 spiro atoms. The first-order valence-corrected chi connectivity index (χ1v) is 7.09. The van der Waals surface area contributed by atoms with E-state index in [1.807, 2.05) is 6.07 Å². The summed E-state index contributed by atoms with van der Waals surface area (Å²) in [5.41, 5.74) is 0. The van der Waals surface area contributed by atoms with Gasteiger partial charge in [-0.3, -0.25) is 10.1 Å². The molecule has 2 heterocycles. The van der Waals surface area contributed by atoms with Crippen molar-refractivity contribution < 1.29 is 4.92 Å². The van der Waals surface area contributed by atoms with Gasteiger partial charge in [-0.25, -0.2) is 0 Å². The lowest BCUT2D eigenvalue weighted by atomic mass is 9.97. The maximum atomic E-state index is 10.6. The Balaban J connectivity index is 1.70. The molecule has 2 rings (SSSR count). The van der Waals surface area contributed by atoms with Crippen molar-refractivity contribution in [1.29, 1.82) is 0 Å². The number of thiophene rings is 1. The lowest BCUT2D eigenvalue weighted by Gasteiger charge is -2.28. The van der Waals surface area contributed by atoms with Gasteiger partial charge in [-0.2, -0.15) is 0 Å². The van der Waals surface area contributed by atoms with E-state index in [1.54, 1.807) is 6.07 Å². The maximum Gasteiger partial charge on any atom is 0.324 e. The number of piperidine rings is 1. The SMILES string of the molecule is CN1CCC(CNCc2ccc([N+](=O)[O-])s2)CC1. The number of rotatable bonds is 5. The van der Waals surface area contributed by atoms with Crippen molar-refractivity contribution in [3.63, 3.8) is 0 Å².